The minimum absolute atomic E-state index is 0.130. The number of hydrogen-bond donors (Lipinski definition) is 0. The van der Waals surface area contributed by atoms with Gasteiger partial charge in [-0.05, 0) is 48.4 Å². The fourth-order valence-corrected chi connectivity index (χ4v) is 2.81. The summed E-state index contributed by atoms with van der Waals surface area (Å²) in [6.45, 7) is 2.52. The second kappa shape index (κ2) is 6.76. The molecule has 2 aromatic carbocycles. The molecule has 3 rings (SSSR count). The van der Waals surface area contributed by atoms with Crippen molar-refractivity contribution in [3.63, 3.8) is 0 Å². The zero-order valence-corrected chi connectivity index (χ0v) is 14.6. The highest BCUT2D eigenvalue weighted by atomic mass is 19.4. The molecule has 0 radical (unpaired) electrons. The van der Waals surface area contributed by atoms with E-state index >= 15 is 0 Å². The van der Waals surface area contributed by atoms with Gasteiger partial charge in [-0.3, -0.25) is 4.98 Å². The van der Waals surface area contributed by atoms with Crippen molar-refractivity contribution in [2.75, 3.05) is 0 Å². The van der Waals surface area contributed by atoms with Crippen LogP contribution in [0.15, 0.2) is 60.7 Å². The molecule has 0 aliphatic heterocycles. The normalized spacial score (nSPS) is 12.3. The third-order valence-electron chi connectivity index (χ3n) is 4.14. The Morgan fingerprint density at radius 3 is 1.93 bits per heavy atom. The fraction of sp³-hybridized carbons (Fsp3) is 0.190. The molecule has 1 aromatic heterocycles. The molecule has 0 fully saturated rings. The van der Waals surface area contributed by atoms with Crippen molar-refractivity contribution in [3.05, 3.63) is 77.5 Å². The van der Waals surface area contributed by atoms with Crippen LogP contribution in [-0.2, 0) is 12.1 Å². The SMILES string of the molecule is Cc1cc(-c2cccc(C(C)(F)F)c2)cc(-c2cccc(C(F)(F)F)c2)n1. The number of nitrogens with zero attached hydrogens (tertiary/aromatic N) is 1. The molecule has 3 aromatic rings. The molecule has 1 heterocycles. The van der Waals surface area contributed by atoms with E-state index in [4.69, 9.17) is 0 Å². The highest BCUT2D eigenvalue weighted by molar-refractivity contribution is 5.72. The quantitative estimate of drug-likeness (QED) is 0.455. The topological polar surface area (TPSA) is 12.9 Å². The van der Waals surface area contributed by atoms with Gasteiger partial charge in [-0.2, -0.15) is 13.2 Å². The van der Waals surface area contributed by atoms with Gasteiger partial charge in [-0.25, -0.2) is 8.78 Å². The Morgan fingerprint density at radius 1 is 0.704 bits per heavy atom. The highest BCUT2D eigenvalue weighted by Gasteiger charge is 2.30. The van der Waals surface area contributed by atoms with E-state index in [0.29, 0.717) is 28.1 Å². The van der Waals surface area contributed by atoms with Crippen LogP contribution in [-0.4, -0.2) is 4.98 Å². The molecule has 140 valence electrons. The van der Waals surface area contributed by atoms with Gasteiger partial charge in [-0.15, -0.1) is 0 Å². The van der Waals surface area contributed by atoms with Crippen LogP contribution in [0.5, 0.6) is 0 Å². The van der Waals surface area contributed by atoms with Gasteiger partial charge in [0.1, 0.15) is 0 Å². The molecule has 1 nitrogen and oxygen atoms in total. The lowest BCUT2D eigenvalue weighted by Crippen LogP contribution is -2.06. The second-order valence-corrected chi connectivity index (χ2v) is 6.43. The van der Waals surface area contributed by atoms with Crippen molar-refractivity contribution >= 4 is 0 Å². The summed E-state index contributed by atoms with van der Waals surface area (Å²) in [6.07, 6.45) is -4.45. The summed E-state index contributed by atoms with van der Waals surface area (Å²) in [4.78, 5) is 4.31. The fourth-order valence-electron chi connectivity index (χ4n) is 2.81. The van der Waals surface area contributed by atoms with Crippen molar-refractivity contribution in [3.8, 4) is 22.4 Å². The molecule has 27 heavy (non-hydrogen) atoms. The molecule has 6 heteroatoms. The summed E-state index contributed by atoms with van der Waals surface area (Å²) >= 11 is 0. The van der Waals surface area contributed by atoms with E-state index in [0.717, 1.165) is 19.1 Å². The van der Waals surface area contributed by atoms with Crippen LogP contribution >= 0.6 is 0 Å². The number of pyridine rings is 1. The van der Waals surface area contributed by atoms with Gasteiger partial charge in [-0.1, -0.05) is 30.3 Å². The molecule has 0 saturated carbocycles. The summed E-state index contributed by atoms with van der Waals surface area (Å²) < 4.78 is 66.1. The zero-order chi connectivity index (χ0) is 19.8. The van der Waals surface area contributed by atoms with Gasteiger partial charge < -0.3 is 0 Å². The number of hydrogen-bond acceptors (Lipinski definition) is 1. The predicted octanol–water partition coefficient (Wildman–Crippen LogP) is 6.85. The van der Waals surface area contributed by atoms with Crippen LogP contribution < -0.4 is 0 Å². The number of rotatable bonds is 3. The lowest BCUT2D eigenvalue weighted by Gasteiger charge is -2.13. The van der Waals surface area contributed by atoms with Gasteiger partial charge in [0.25, 0.3) is 5.92 Å². The van der Waals surface area contributed by atoms with E-state index < -0.39 is 17.7 Å². The van der Waals surface area contributed by atoms with Crippen molar-refractivity contribution in [1.82, 2.24) is 4.98 Å². The number of alkyl halides is 5. The maximum atomic E-state index is 13.6. The lowest BCUT2D eigenvalue weighted by molar-refractivity contribution is -0.137. The number of aryl methyl sites for hydroxylation is 1. The third-order valence-corrected chi connectivity index (χ3v) is 4.14. The van der Waals surface area contributed by atoms with E-state index in [9.17, 15) is 22.0 Å². The Balaban J connectivity index is 2.09. The van der Waals surface area contributed by atoms with Crippen molar-refractivity contribution in [1.29, 1.82) is 0 Å². The van der Waals surface area contributed by atoms with E-state index in [1.165, 1.54) is 30.3 Å². The Labute approximate surface area is 153 Å². The Bertz CT molecular complexity index is 895. The van der Waals surface area contributed by atoms with Crippen molar-refractivity contribution in [2.24, 2.45) is 0 Å². The average molecular weight is 377 g/mol. The first-order chi connectivity index (χ1) is 12.5. The first-order valence-electron chi connectivity index (χ1n) is 8.19. The Morgan fingerprint density at radius 2 is 1.30 bits per heavy atom. The first kappa shape index (κ1) is 19.0. The van der Waals surface area contributed by atoms with Gasteiger partial charge in [0.2, 0.25) is 0 Å². The van der Waals surface area contributed by atoms with Crippen LogP contribution in [0.2, 0.25) is 0 Å². The molecular weight excluding hydrogens is 361 g/mol. The van der Waals surface area contributed by atoms with Crippen molar-refractivity contribution < 1.29 is 22.0 Å². The van der Waals surface area contributed by atoms with E-state index in [1.807, 2.05) is 0 Å². The molecule has 0 amide bonds. The summed E-state index contributed by atoms with van der Waals surface area (Å²) in [6, 6.07) is 14.1. The monoisotopic (exact) mass is 377 g/mol. The summed E-state index contributed by atoms with van der Waals surface area (Å²) in [5, 5.41) is 0. The van der Waals surface area contributed by atoms with Gasteiger partial charge in [0.05, 0.1) is 11.3 Å². The number of aromatic nitrogens is 1. The van der Waals surface area contributed by atoms with E-state index in [1.54, 1.807) is 25.1 Å². The molecule has 0 spiro atoms. The van der Waals surface area contributed by atoms with E-state index in [-0.39, 0.29) is 5.56 Å². The molecule has 0 atom stereocenters. The van der Waals surface area contributed by atoms with Crippen LogP contribution in [0.25, 0.3) is 22.4 Å². The maximum absolute atomic E-state index is 13.6. The van der Waals surface area contributed by atoms with Gasteiger partial charge in [0.15, 0.2) is 0 Å². The molecule has 0 aliphatic carbocycles. The summed E-state index contributed by atoms with van der Waals surface area (Å²) in [5.74, 6) is -2.98. The molecule has 0 saturated heterocycles. The molecule has 0 unspecified atom stereocenters. The number of benzene rings is 2. The molecule has 0 bridgehead atoms. The predicted molar refractivity (Wildman–Crippen MR) is 94.4 cm³/mol. The smallest absolute Gasteiger partial charge is 0.253 e. The van der Waals surface area contributed by atoms with Crippen LogP contribution in [0.4, 0.5) is 22.0 Å². The molecule has 0 aliphatic rings. The van der Waals surface area contributed by atoms with Crippen molar-refractivity contribution in [2.45, 2.75) is 25.9 Å². The average Bonchev–Trinajstić information content (AvgIpc) is 2.60. The molecule has 0 N–H and O–H groups in total. The zero-order valence-electron chi connectivity index (χ0n) is 14.6. The number of halogens is 5. The lowest BCUT2D eigenvalue weighted by atomic mass is 9.98. The van der Waals surface area contributed by atoms with Crippen LogP contribution in [0, 0.1) is 6.92 Å². The third kappa shape index (κ3) is 4.32. The molecular formula is C21H16F5N. The maximum Gasteiger partial charge on any atom is 0.416 e. The highest BCUT2D eigenvalue weighted by Crippen LogP contribution is 2.34. The van der Waals surface area contributed by atoms with Gasteiger partial charge >= 0.3 is 6.18 Å². The summed E-state index contributed by atoms with van der Waals surface area (Å²) in [5.41, 5.74) is 1.51. The first-order valence-corrected chi connectivity index (χ1v) is 8.19. The minimum Gasteiger partial charge on any atom is -0.253 e. The second-order valence-electron chi connectivity index (χ2n) is 6.43. The largest absolute Gasteiger partial charge is 0.416 e. The van der Waals surface area contributed by atoms with Gasteiger partial charge in [0, 0.05) is 23.7 Å². The van der Waals surface area contributed by atoms with E-state index in [2.05, 4.69) is 4.98 Å². The Hall–Kier alpha value is -2.76. The summed E-state index contributed by atoms with van der Waals surface area (Å²) in [7, 11) is 0. The van der Waals surface area contributed by atoms with Crippen LogP contribution in [0.1, 0.15) is 23.7 Å². The Kier molecular flexibility index (Phi) is 4.76. The minimum atomic E-state index is -4.45. The standard InChI is InChI=1S/C21H16F5N/c1-13-9-16(14-5-3-7-17(10-14)20(2,22)23)12-19(27-13)15-6-4-8-18(11-15)21(24,25)26/h3-12H,1-2H3. The van der Waals surface area contributed by atoms with Crippen LogP contribution in [0.3, 0.4) is 0 Å².